The zero-order valence-corrected chi connectivity index (χ0v) is 15.6. The fourth-order valence-corrected chi connectivity index (χ4v) is 3.50. The van der Waals surface area contributed by atoms with Crippen molar-refractivity contribution < 1.29 is 9.13 Å². The molecule has 2 rings (SSSR count). The fraction of sp³-hybridized carbons (Fsp3) is 0.650. The molecular formula is C20H32FN3O. The molecule has 0 radical (unpaired) electrons. The molecule has 4 nitrogen and oxygen atoms in total. The quantitative estimate of drug-likeness (QED) is 0.530. The van der Waals surface area contributed by atoms with Crippen LogP contribution in [0.4, 0.5) is 4.39 Å². The van der Waals surface area contributed by atoms with Crippen molar-refractivity contribution in [3.05, 3.63) is 35.6 Å². The van der Waals surface area contributed by atoms with Crippen LogP contribution in [0, 0.1) is 11.2 Å². The number of rotatable bonds is 9. The first-order valence-corrected chi connectivity index (χ1v) is 9.43. The van der Waals surface area contributed by atoms with Gasteiger partial charge in [0, 0.05) is 33.4 Å². The largest absolute Gasteiger partial charge is 0.385 e. The SMILES string of the molecule is CCNC(=NCC1(CCOC)CCCC1)NCCc1ccc(F)cc1. The van der Waals surface area contributed by atoms with Gasteiger partial charge in [0.05, 0.1) is 0 Å². The Morgan fingerprint density at radius 2 is 1.92 bits per heavy atom. The maximum atomic E-state index is 13.0. The number of nitrogens with zero attached hydrogens (tertiary/aromatic N) is 1. The molecule has 1 saturated carbocycles. The van der Waals surface area contributed by atoms with Crippen molar-refractivity contribution in [3.8, 4) is 0 Å². The number of guanidine groups is 1. The van der Waals surface area contributed by atoms with Crippen molar-refractivity contribution in [1.82, 2.24) is 10.6 Å². The molecule has 1 fully saturated rings. The van der Waals surface area contributed by atoms with E-state index in [1.807, 2.05) is 12.1 Å². The van der Waals surface area contributed by atoms with Crippen molar-refractivity contribution >= 4 is 5.96 Å². The van der Waals surface area contributed by atoms with Crippen LogP contribution in [0.1, 0.15) is 44.6 Å². The van der Waals surface area contributed by atoms with E-state index in [4.69, 9.17) is 9.73 Å². The summed E-state index contributed by atoms with van der Waals surface area (Å²) in [5.74, 6) is 0.679. The molecule has 25 heavy (non-hydrogen) atoms. The van der Waals surface area contributed by atoms with Crippen LogP contribution in [0.15, 0.2) is 29.3 Å². The van der Waals surface area contributed by atoms with Gasteiger partial charge in [0.15, 0.2) is 5.96 Å². The normalized spacial score (nSPS) is 16.8. The number of benzene rings is 1. The number of nitrogens with one attached hydrogen (secondary N) is 2. The van der Waals surface area contributed by atoms with Gasteiger partial charge in [0.1, 0.15) is 5.82 Å². The van der Waals surface area contributed by atoms with Gasteiger partial charge in [-0.25, -0.2) is 4.39 Å². The third-order valence-corrected chi connectivity index (χ3v) is 5.04. The van der Waals surface area contributed by atoms with E-state index in [0.717, 1.165) is 50.6 Å². The minimum atomic E-state index is -0.190. The van der Waals surface area contributed by atoms with Crippen LogP contribution in [0.3, 0.4) is 0 Å². The van der Waals surface area contributed by atoms with Gasteiger partial charge in [-0.05, 0) is 55.7 Å². The highest BCUT2D eigenvalue weighted by Crippen LogP contribution is 2.41. The summed E-state index contributed by atoms with van der Waals surface area (Å²) in [5.41, 5.74) is 1.42. The van der Waals surface area contributed by atoms with Crippen LogP contribution in [-0.2, 0) is 11.2 Å². The molecule has 0 atom stereocenters. The lowest BCUT2D eigenvalue weighted by Crippen LogP contribution is -2.39. The molecule has 1 aliphatic rings. The Morgan fingerprint density at radius 3 is 2.56 bits per heavy atom. The van der Waals surface area contributed by atoms with Crippen molar-refractivity contribution in [3.63, 3.8) is 0 Å². The zero-order valence-electron chi connectivity index (χ0n) is 15.6. The van der Waals surface area contributed by atoms with Crippen LogP contribution in [0.5, 0.6) is 0 Å². The van der Waals surface area contributed by atoms with Gasteiger partial charge in [-0.3, -0.25) is 4.99 Å². The molecule has 0 heterocycles. The Labute approximate surface area is 151 Å². The summed E-state index contributed by atoms with van der Waals surface area (Å²) in [6.45, 7) is 5.36. The van der Waals surface area contributed by atoms with Crippen LogP contribution in [0.25, 0.3) is 0 Å². The summed E-state index contributed by atoms with van der Waals surface area (Å²) in [7, 11) is 1.77. The van der Waals surface area contributed by atoms with E-state index >= 15 is 0 Å². The predicted molar refractivity (Wildman–Crippen MR) is 101 cm³/mol. The first kappa shape index (κ1) is 19.7. The molecule has 2 N–H and O–H groups in total. The summed E-state index contributed by atoms with van der Waals surface area (Å²) in [5, 5.41) is 6.72. The van der Waals surface area contributed by atoms with E-state index in [0.29, 0.717) is 5.41 Å². The number of hydrogen-bond acceptors (Lipinski definition) is 2. The number of ether oxygens (including phenoxy) is 1. The molecule has 1 aromatic rings. The highest BCUT2D eigenvalue weighted by molar-refractivity contribution is 5.79. The zero-order chi connectivity index (χ0) is 18.0. The molecule has 0 amide bonds. The number of methoxy groups -OCH3 is 1. The van der Waals surface area contributed by atoms with Gasteiger partial charge in [-0.15, -0.1) is 0 Å². The molecule has 1 aromatic carbocycles. The average Bonchev–Trinajstić information content (AvgIpc) is 3.09. The molecule has 0 unspecified atom stereocenters. The smallest absolute Gasteiger partial charge is 0.191 e. The van der Waals surface area contributed by atoms with Crippen molar-refractivity contribution in [2.75, 3.05) is 33.4 Å². The second-order valence-corrected chi connectivity index (χ2v) is 6.95. The lowest BCUT2D eigenvalue weighted by molar-refractivity contribution is 0.141. The first-order chi connectivity index (χ1) is 12.2. The maximum absolute atomic E-state index is 13.0. The highest BCUT2D eigenvalue weighted by Gasteiger charge is 2.33. The summed E-state index contributed by atoms with van der Waals surface area (Å²) < 4.78 is 18.3. The average molecular weight is 349 g/mol. The molecule has 0 spiro atoms. The summed E-state index contributed by atoms with van der Waals surface area (Å²) in [4.78, 5) is 4.84. The van der Waals surface area contributed by atoms with Crippen LogP contribution >= 0.6 is 0 Å². The summed E-state index contributed by atoms with van der Waals surface area (Å²) >= 11 is 0. The standard InChI is InChI=1S/C20H32FN3O/c1-3-22-19(23-14-10-17-6-8-18(21)9-7-17)24-16-20(13-15-25-2)11-4-5-12-20/h6-9H,3-5,10-16H2,1-2H3,(H2,22,23,24). The highest BCUT2D eigenvalue weighted by atomic mass is 19.1. The predicted octanol–water partition coefficient (Wildman–Crippen LogP) is 3.52. The third-order valence-electron chi connectivity index (χ3n) is 5.04. The van der Waals surface area contributed by atoms with Crippen molar-refractivity contribution in [2.45, 2.75) is 45.4 Å². The summed E-state index contributed by atoms with van der Waals surface area (Å²) in [6, 6.07) is 6.68. The van der Waals surface area contributed by atoms with E-state index in [1.54, 1.807) is 7.11 Å². The number of hydrogen-bond donors (Lipinski definition) is 2. The topological polar surface area (TPSA) is 45.7 Å². The maximum Gasteiger partial charge on any atom is 0.191 e. The summed E-state index contributed by atoms with van der Waals surface area (Å²) in [6.07, 6.45) is 7.02. The van der Waals surface area contributed by atoms with Crippen LogP contribution in [0.2, 0.25) is 0 Å². The second kappa shape index (κ2) is 10.4. The molecule has 0 saturated heterocycles. The van der Waals surface area contributed by atoms with E-state index < -0.39 is 0 Å². The van der Waals surface area contributed by atoms with Gasteiger partial charge in [-0.1, -0.05) is 25.0 Å². The number of halogens is 1. The Hall–Kier alpha value is -1.62. The minimum absolute atomic E-state index is 0.190. The van der Waals surface area contributed by atoms with E-state index in [9.17, 15) is 4.39 Å². The second-order valence-electron chi connectivity index (χ2n) is 6.95. The lowest BCUT2D eigenvalue weighted by Gasteiger charge is -2.27. The minimum Gasteiger partial charge on any atom is -0.385 e. The number of aliphatic imine (C=N–C) groups is 1. The van der Waals surface area contributed by atoms with Gasteiger partial charge < -0.3 is 15.4 Å². The fourth-order valence-electron chi connectivity index (χ4n) is 3.50. The van der Waals surface area contributed by atoms with E-state index in [-0.39, 0.29) is 5.82 Å². The molecule has 1 aliphatic carbocycles. The molecule has 0 bridgehead atoms. The molecule has 5 heteroatoms. The Morgan fingerprint density at radius 1 is 1.20 bits per heavy atom. The van der Waals surface area contributed by atoms with E-state index in [2.05, 4.69) is 17.6 Å². The van der Waals surface area contributed by atoms with Crippen LogP contribution in [-0.4, -0.2) is 39.3 Å². The first-order valence-electron chi connectivity index (χ1n) is 9.43. The van der Waals surface area contributed by atoms with Gasteiger partial charge >= 0.3 is 0 Å². The Bertz CT molecular complexity index is 524. The lowest BCUT2D eigenvalue weighted by atomic mass is 9.83. The van der Waals surface area contributed by atoms with Crippen LogP contribution < -0.4 is 10.6 Å². The van der Waals surface area contributed by atoms with Gasteiger partial charge in [0.25, 0.3) is 0 Å². The molecule has 0 aromatic heterocycles. The Kier molecular flexibility index (Phi) is 8.19. The third kappa shape index (κ3) is 6.65. The van der Waals surface area contributed by atoms with Gasteiger partial charge in [-0.2, -0.15) is 0 Å². The van der Waals surface area contributed by atoms with E-state index in [1.165, 1.54) is 37.8 Å². The Balaban J connectivity index is 1.87. The molecule has 140 valence electrons. The molecule has 0 aliphatic heterocycles. The van der Waals surface area contributed by atoms with Crippen molar-refractivity contribution in [1.29, 1.82) is 0 Å². The van der Waals surface area contributed by atoms with Crippen molar-refractivity contribution in [2.24, 2.45) is 10.4 Å². The van der Waals surface area contributed by atoms with Gasteiger partial charge in [0.2, 0.25) is 0 Å². The molecular weight excluding hydrogens is 317 g/mol. The monoisotopic (exact) mass is 349 g/mol.